The van der Waals surface area contributed by atoms with Gasteiger partial charge in [-0.15, -0.1) is 0 Å². The predicted molar refractivity (Wildman–Crippen MR) is 62.1 cm³/mol. The fourth-order valence-electron chi connectivity index (χ4n) is 1.16. The number of hydrogen-bond acceptors (Lipinski definition) is 2. The fraction of sp³-hybridized carbons (Fsp3) is 0.400. The Labute approximate surface area is 97.7 Å². The quantitative estimate of drug-likeness (QED) is 0.750. The zero-order valence-corrected chi connectivity index (χ0v) is 12.2. The SMILES string of the molecule is COc1cc([Se]C)c([Se]C)cc1OC. The van der Waals surface area contributed by atoms with E-state index in [0.29, 0.717) is 29.9 Å². The van der Waals surface area contributed by atoms with Crippen LogP contribution in [0.3, 0.4) is 0 Å². The topological polar surface area (TPSA) is 18.5 Å². The molecule has 78 valence electrons. The molecular formula is C10H14O2Se2. The molecule has 0 fully saturated rings. The summed E-state index contributed by atoms with van der Waals surface area (Å²) in [4.78, 5) is 0. The summed E-state index contributed by atoms with van der Waals surface area (Å²) in [6.45, 7) is 0. The molecule has 0 unspecified atom stereocenters. The minimum atomic E-state index is 0.520. The molecule has 0 aliphatic heterocycles. The molecule has 0 spiro atoms. The third kappa shape index (κ3) is 2.46. The average Bonchev–Trinajstić information content (AvgIpc) is 2.26. The van der Waals surface area contributed by atoms with E-state index in [1.54, 1.807) is 14.2 Å². The maximum absolute atomic E-state index is 5.27. The van der Waals surface area contributed by atoms with Gasteiger partial charge in [0.05, 0.1) is 0 Å². The Morgan fingerprint density at radius 2 is 1.21 bits per heavy atom. The van der Waals surface area contributed by atoms with Crippen molar-refractivity contribution in [3.05, 3.63) is 12.1 Å². The van der Waals surface area contributed by atoms with Crippen molar-refractivity contribution in [2.45, 2.75) is 11.6 Å². The van der Waals surface area contributed by atoms with Crippen LogP contribution in [0.2, 0.25) is 11.6 Å². The van der Waals surface area contributed by atoms with E-state index in [9.17, 15) is 0 Å². The summed E-state index contributed by atoms with van der Waals surface area (Å²) in [5.41, 5.74) is 0. The molecule has 1 aromatic rings. The summed E-state index contributed by atoms with van der Waals surface area (Å²) in [5, 5.41) is 0. The Morgan fingerprint density at radius 1 is 0.857 bits per heavy atom. The van der Waals surface area contributed by atoms with E-state index in [-0.39, 0.29) is 0 Å². The first-order valence-electron chi connectivity index (χ1n) is 4.10. The Kier molecular flexibility index (Phi) is 4.83. The minimum absolute atomic E-state index is 0.520. The Balaban J connectivity index is 3.20. The molecular weight excluding hydrogens is 310 g/mol. The normalized spacial score (nSPS) is 10.0. The third-order valence-electron chi connectivity index (χ3n) is 1.89. The van der Waals surface area contributed by atoms with Crippen LogP contribution in [0.25, 0.3) is 0 Å². The number of methoxy groups -OCH3 is 2. The van der Waals surface area contributed by atoms with Gasteiger partial charge in [-0.05, 0) is 0 Å². The van der Waals surface area contributed by atoms with Crippen molar-refractivity contribution in [1.29, 1.82) is 0 Å². The van der Waals surface area contributed by atoms with E-state index < -0.39 is 0 Å². The maximum atomic E-state index is 5.27. The van der Waals surface area contributed by atoms with Crippen molar-refractivity contribution < 1.29 is 9.47 Å². The first-order valence-corrected chi connectivity index (χ1v) is 9.24. The van der Waals surface area contributed by atoms with E-state index in [0.717, 1.165) is 11.5 Å². The van der Waals surface area contributed by atoms with Crippen molar-refractivity contribution in [3.63, 3.8) is 0 Å². The van der Waals surface area contributed by atoms with Gasteiger partial charge in [-0.2, -0.15) is 0 Å². The molecule has 2 nitrogen and oxygen atoms in total. The van der Waals surface area contributed by atoms with Crippen LogP contribution in [0.1, 0.15) is 0 Å². The van der Waals surface area contributed by atoms with Gasteiger partial charge in [0.25, 0.3) is 0 Å². The molecule has 0 aliphatic carbocycles. The second-order valence-corrected chi connectivity index (χ2v) is 6.12. The Hall–Kier alpha value is -0.141. The molecule has 0 saturated carbocycles. The van der Waals surface area contributed by atoms with Crippen molar-refractivity contribution >= 4 is 38.8 Å². The number of hydrogen-bond donors (Lipinski definition) is 0. The van der Waals surface area contributed by atoms with E-state index in [4.69, 9.17) is 9.47 Å². The molecule has 4 heteroatoms. The summed E-state index contributed by atoms with van der Waals surface area (Å²) < 4.78 is 13.4. The van der Waals surface area contributed by atoms with Crippen molar-refractivity contribution in [2.75, 3.05) is 14.2 Å². The zero-order valence-electron chi connectivity index (χ0n) is 8.79. The Bertz CT molecular complexity index is 255. The molecule has 14 heavy (non-hydrogen) atoms. The summed E-state index contributed by atoms with van der Waals surface area (Å²) in [6.07, 6.45) is 0. The first kappa shape index (κ1) is 11.9. The molecule has 1 rings (SSSR count). The van der Waals surface area contributed by atoms with Crippen LogP contribution >= 0.6 is 0 Å². The van der Waals surface area contributed by atoms with Gasteiger partial charge in [0.15, 0.2) is 0 Å². The van der Waals surface area contributed by atoms with E-state index in [2.05, 4.69) is 23.8 Å². The van der Waals surface area contributed by atoms with Crippen molar-refractivity contribution in [2.24, 2.45) is 0 Å². The van der Waals surface area contributed by atoms with Gasteiger partial charge in [-0.3, -0.25) is 0 Å². The second kappa shape index (κ2) is 5.67. The van der Waals surface area contributed by atoms with Crippen LogP contribution < -0.4 is 18.4 Å². The molecule has 0 heterocycles. The number of benzene rings is 1. The van der Waals surface area contributed by atoms with E-state index in [1.165, 1.54) is 8.92 Å². The molecule has 0 atom stereocenters. The summed E-state index contributed by atoms with van der Waals surface area (Å²) in [6, 6.07) is 4.22. The van der Waals surface area contributed by atoms with Gasteiger partial charge in [-0.25, -0.2) is 0 Å². The van der Waals surface area contributed by atoms with Crippen LogP contribution in [-0.4, -0.2) is 44.1 Å². The van der Waals surface area contributed by atoms with E-state index >= 15 is 0 Å². The van der Waals surface area contributed by atoms with Gasteiger partial charge in [-0.1, -0.05) is 0 Å². The summed E-state index contributed by atoms with van der Waals surface area (Å²) >= 11 is 1.04. The number of ether oxygens (including phenoxy) is 2. The van der Waals surface area contributed by atoms with Crippen LogP contribution in [0.4, 0.5) is 0 Å². The molecule has 0 amide bonds. The first-order chi connectivity index (χ1) is 6.76. The fourth-order valence-corrected chi connectivity index (χ4v) is 5.01. The average molecular weight is 324 g/mol. The molecule has 0 bridgehead atoms. The molecule has 0 radical (unpaired) electrons. The zero-order chi connectivity index (χ0) is 10.6. The predicted octanol–water partition coefficient (Wildman–Crippen LogP) is 0.459. The monoisotopic (exact) mass is 326 g/mol. The molecule has 0 aromatic heterocycles. The van der Waals surface area contributed by atoms with Gasteiger partial charge in [0.1, 0.15) is 0 Å². The second-order valence-electron chi connectivity index (χ2n) is 2.56. The third-order valence-corrected chi connectivity index (χ3v) is 5.81. The van der Waals surface area contributed by atoms with Crippen molar-refractivity contribution in [3.8, 4) is 11.5 Å². The summed E-state index contributed by atoms with van der Waals surface area (Å²) in [7, 11) is 3.36. The van der Waals surface area contributed by atoms with Gasteiger partial charge < -0.3 is 0 Å². The standard InChI is InChI=1S/C10H14O2Se2/c1-11-7-5-9(13-3)10(14-4)6-8(7)12-2/h5-6H,1-4H3. The number of rotatable bonds is 4. The molecule has 0 aliphatic rings. The van der Waals surface area contributed by atoms with Gasteiger partial charge in [0, 0.05) is 0 Å². The van der Waals surface area contributed by atoms with Crippen LogP contribution in [0, 0.1) is 0 Å². The van der Waals surface area contributed by atoms with E-state index in [1.807, 2.05) is 0 Å². The Morgan fingerprint density at radius 3 is 1.43 bits per heavy atom. The van der Waals surface area contributed by atoms with Gasteiger partial charge >= 0.3 is 97.8 Å². The summed E-state index contributed by atoms with van der Waals surface area (Å²) in [5.74, 6) is 6.14. The molecule has 0 N–H and O–H groups in total. The van der Waals surface area contributed by atoms with Crippen LogP contribution in [0.5, 0.6) is 11.5 Å². The molecule has 0 saturated heterocycles. The van der Waals surface area contributed by atoms with Crippen LogP contribution in [0.15, 0.2) is 12.1 Å². The van der Waals surface area contributed by atoms with Crippen molar-refractivity contribution in [1.82, 2.24) is 0 Å². The van der Waals surface area contributed by atoms with Crippen LogP contribution in [-0.2, 0) is 0 Å². The van der Waals surface area contributed by atoms with Gasteiger partial charge in [0.2, 0.25) is 0 Å². The molecule has 1 aromatic carbocycles.